The van der Waals surface area contributed by atoms with Gasteiger partial charge in [-0.05, 0) is 35.7 Å². The van der Waals surface area contributed by atoms with Crippen LogP contribution in [0.25, 0.3) is 0 Å². The van der Waals surface area contributed by atoms with E-state index in [1.54, 1.807) is 22.7 Å². The molecule has 0 aliphatic heterocycles. The van der Waals surface area contributed by atoms with Crippen LogP contribution in [0.15, 0.2) is 16.3 Å². The Kier molecular flexibility index (Phi) is 3.51. The molecule has 2 heterocycles. The summed E-state index contributed by atoms with van der Waals surface area (Å²) in [4.78, 5) is 5.57. The number of nitrogens with zero attached hydrogens (tertiary/aromatic N) is 1. The van der Waals surface area contributed by atoms with E-state index in [1.807, 2.05) is 5.51 Å². The van der Waals surface area contributed by atoms with Crippen molar-refractivity contribution in [2.45, 2.75) is 26.9 Å². The Hall–Kier alpha value is -0.710. The van der Waals surface area contributed by atoms with Crippen molar-refractivity contribution in [3.05, 3.63) is 38.0 Å². The van der Waals surface area contributed by atoms with Crippen LogP contribution in [0.3, 0.4) is 0 Å². The summed E-state index contributed by atoms with van der Waals surface area (Å²) < 4.78 is 0. The van der Waals surface area contributed by atoms with Gasteiger partial charge in [-0.25, -0.2) is 4.98 Å². The Morgan fingerprint density at radius 2 is 2.13 bits per heavy atom. The molecular formula is C11H14N2S2. The number of aryl methyl sites for hydroxylation is 2. The Morgan fingerprint density at radius 3 is 2.73 bits per heavy atom. The number of thiophene rings is 1. The summed E-state index contributed by atoms with van der Waals surface area (Å²) in [7, 11) is 0. The van der Waals surface area contributed by atoms with Crippen LogP contribution in [0.2, 0.25) is 0 Å². The summed E-state index contributed by atoms with van der Waals surface area (Å²) in [6.45, 7) is 6.09. The molecule has 0 fully saturated rings. The highest BCUT2D eigenvalue weighted by atomic mass is 32.1. The van der Waals surface area contributed by atoms with Crippen LogP contribution in [-0.4, -0.2) is 4.98 Å². The molecule has 80 valence electrons. The molecule has 2 nitrogen and oxygen atoms in total. The van der Waals surface area contributed by atoms with Gasteiger partial charge in [0.1, 0.15) is 0 Å². The molecule has 0 radical (unpaired) electrons. The van der Waals surface area contributed by atoms with Crippen LogP contribution in [0.4, 0.5) is 0 Å². The first-order valence-electron chi connectivity index (χ1n) is 4.88. The van der Waals surface area contributed by atoms with Crippen molar-refractivity contribution < 1.29 is 0 Å². The van der Waals surface area contributed by atoms with Gasteiger partial charge in [-0.15, -0.1) is 11.3 Å². The zero-order valence-electron chi connectivity index (χ0n) is 8.91. The monoisotopic (exact) mass is 238 g/mol. The lowest BCUT2D eigenvalue weighted by Gasteiger charge is -2.03. The van der Waals surface area contributed by atoms with Gasteiger partial charge in [0.25, 0.3) is 0 Å². The molecule has 0 atom stereocenters. The SMILES string of the molecule is Cc1cscc1CNCc1scnc1C. The van der Waals surface area contributed by atoms with Gasteiger partial charge in [-0.2, -0.15) is 11.3 Å². The third kappa shape index (κ3) is 2.65. The second-order valence-electron chi connectivity index (χ2n) is 3.54. The van der Waals surface area contributed by atoms with E-state index >= 15 is 0 Å². The summed E-state index contributed by atoms with van der Waals surface area (Å²) in [6, 6.07) is 0. The van der Waals surface area contributed by atoms with Gasteiger partial charge in [0, 0.05) is 18.0 Å². The molecule has 0 bridgehead atoms. The number of aromatic nitrogens is 1. The molecule has 0 aromatic carbocycles. The molecule has 0 spiro atoms. The van der Waals surface area contributed by atoms with Gasteiger partial charge in [0.05, 0.1) is 11.2 Å². The molecule has 1 N–H and O–H groups in total. The predicted molar refractivity (Wildman–Crippen MR) is 66.5 cm³/mol. The van der Waals surface area contributed by atoms with Gasteiger partial charge in [-0.1, -0.05) is 0 Å². The molecule has 0 amide bonds. The number of hydrogen-bond acceptors (Lipinski definition) is 4. The molecule has 2 rings (SSSR count). The minimum atomic E-state index is 0.922. The minimum Gasteiger partial charge on any atom is -0.308 e. The van der Waals surface area contributed by atoms with Crippen molar-refractivity contribution in [3.63, 3.8) is 0 Å². The first-order chi connectivity index (χ1) is 7.27. The topological polar surface area (TPSA) is 24.9 Å². The Labute approximate surface area is 98.0 Å². The first kappa shape index (κ1) is 10.8. The maximum Gasteiger partial charge on any atom is 0.0798 e. The smallest absolute Gasteiger partial charge is 0.0798 e. The summed E-state index contributed by atoms with van der Waals surface area (Å²) in [5, 5.41) is 7.85. The fraction of sp³-hybridized carbons (Fsp3) is 0.364. The molecule has 15 heavy (non-hydrogen) atoms. The summed E-state index contributed by atoms with van der Waals surface area (Å²) in [6.07, 6.45) is 0. The lowest BCUT2D eigenvalue weighted by atomic mass is 10.2. The molecule has 0 aliphatic carbocycles. The Balaban J connectivity index is 1.86. The number of thiazole rings is 1. The van der Waals surface area contributed by atoms with E-state index in [-0.39, 0.29) is 0 Å². The molecular weight excluding hydrogens is 224 g/mol. The predicted octanol–water partition coefficient (Wildman–Crippen LogP) is 3.11. The zero-order valence-corrected chi connectivity index (χ0v) is 10.5. The van der Waals surface area contributed by atoms with Gasteiger partial charge < -0.3 is 5.32 Å². The molecule has 0 aliphatic rings. The fourth-order valence-electron chi connectivity index (χ4n) is 1.37. The van der Waals surface area contributed by atoms with E-state index in [0.29, 0.717) is 0 Å². The van der Waals surface area contributed by atoms with Crippen LogP contribution >= 0.6 is 22.7 Å². The standard InChI is InChI=1S/C11H14N2S2/c1-8-5-14-6-10(8)3-12-4-11-9(2)13-7-15-11/h5-7,12H,3-4H2,1-2H3. The van der Waals surface area contributed by atoms with Crippen LogP contribution in [0.5, 0.6) is 0 Å². The van der Waals surface area contributed by atoms with E-state index in [0.717, 1.165) is 18.8 Å². The fourth-order valence-corrected chi connectivity index (χ4v) is 2.98. The molecule has 0 saturated heterocycles. The van der Waals surface area contributed by atoms with Gasteiger partial charge in [0.15, 0.2) is 0 Å². The minimum absolute atomic E-state index is 0.922. The van der Waals surface area contributed by atoms with Crippen molar-refractivity contribution >= 4 is 22.7 Å². The van der Waals surface area contributed by atoms with Crippen molar-refractivity contribution in [3.8, 4) is 0 Å². The first-order valence-corrected chi connectivity index (χ1v) is 6.71. The van der Waals surface area contributed by atoms with E-state index in [4.69, 9.17) is 0 Å². The molecule has 4 heteroatoms. The summed E-state index contributed by atoms with van der Waals surface area (Å²) in [5.74, 6) is 0. The Bertz CT molecular complexity index is 391. The third-order valence-corrected chi connectivity index (χ3v) is 4.25. The van der Waals surface area contributed by atoms with Crippen LogP contribution < -0.4 is 5.32 Å². The van der Waals surface area contributed by atoms with Crippen molar-refractivity contribution in [1.29, 1.82) is 0 Å². The summed E-state index contributed by atoms with van der Waals surface area (Å²) in [5.41, 5.74) is 5.84. The molecule has 0 unspecified atom stereocenters. The van der Waals surface area contributed by atoms with Crippen molar-refractivity contribution in [2.24, 2.45) is 0 Å². The quantitative estimate of drug-likeness (QED) is 0.885. The number of hydrogen-bond donors (Lipinski definition) is 1. The highest BCUT2D eigenvalue weighted by Gasteiger charge is 2.02. The normalized spacial score (nSPS) is 10.8. The van der Waals surface area contributed by atoms with E-state index < -0.39 is 0 Å². The van der Waals surface area contributed by atoms with Crippen LogP contribution in [0.1, 0.15) is 21.7 Å². The maximum atomic E-state index is 4.23. The van der Waals surface area contributed by atoms with E-state index in [2.05, 4.69) is 34.9 Å². The average molecular weight is 238 g/mol. The van der Waals surface area contributed by atoms with Gasteiger partial charge in [0.2, 0.25) is 0 Å². The van der Waals surface area contributed by atoms with Gasteiger partial charge >= 0.3 is 0 Å². The van der Waals surface area contributed by atoms with Crippen LogP contribution in [-0.2, 0) is 13.1 Å². The second-order valence-corrected chi connectivity index (χ2v) is 5.23. The lowest BCUT2D eigenvalue weighted by molar-refractivity contribution is 0.696. The maximum absolute atomic E-state index is 4.23. The van der Waals surface area contributed by atoms with E-state index in [1.165, 1.54) is 16.0 Å². The molecule has 2 aromatic heterocycles. The summed E-state index contributed by atoms with van der Waals surface area (Å²) >= 11 is 3.49. The second kappa shape index (κ2) is 4.88. The number of rotatable bonds is 4. The molecule has 2 aromatic rings. The highest BCUT2D eigenvalue weighted by Crippen LogP contribution is 2.15. The third-order valence-electron chi connectivity index (χ3n) is 2.41. The average Bonchev–Trinajstić information content (AvgIpc) is 2.78. The zero-order chi connectivity index (χ0) is 10.7. The van der Waals surface area contributed by atoms with Crippen molar-refractivity contribution in [2.75, 3.05) is 0 Å². The number of nitrogens with one attached hydrogen (secondary N) is 1. The Morgan fingerprint density at radius 1 is 1.27 bits per heavy atom. The van der Waals surface area contributed by atoms with Crippen molar-refractivity contribution in [1.82, 2.24) is 10.3 Å². The highest BCUT2D eigenvalue weighted by molar-refractivity contribution is 7.09. The van der Waals surface area contributed by atoms with Crippen LogP contribution in [0, 0.1) is 13.8 Å². The largest absolute Gasteiger partial charge is 0.308 e. The lowest BCUT2D eigenvalue weighted by Crippen LogP contribution is -2.12. The molecule has 0 saturated carbocycles. The van der Waals surface area contributed by atoms with Gasteiger partial charge in [-0.3, -0.25) is 0 Å². The van der Waals surface area contributed by atoms with E-state index in [9.17, 15) is 0 Å².